The van der Waals surface area contributed by atoms with Crippen molar-refractivity contribution in [3.05, 3.63) is 29.8 Å². The Kier molecular flexibility index (Phi) is 7.33. The second kappa shape index (κ2) is 8.34. The average molecular weight is 360 g/mol. The van der Waals surface area contributed by atoms with Crippen molar-refractivity contribution in [2.45, 2.75) is 63.7 Å². The Hall–Kier alpha value is -0.810. The summed E-state index contributed by atoms with van der Waals surface area (Å²) in [6, 6.07) is 9.74. The highest BCUT2D eigenvalue weighted by Crippen LogP contribution is 2.38. The van der Waals surface area contributed by atoms with Crippen molar-refractivity contribution >= 4 is 36.4 Å². The van der Waals surface area contributed by atoms with E-state index in [0.29, 0.717) is 24.5 Å². The molecule has 0 saturated heterocycles. The van der Waals surface area contributed by atoms with E-state index in [2.05, 4.69) is 30.4 Å². The molecule has 1 aromatic carbocycles. The van der Waals surface area contributed by atoms with Gasteiger partial charge in [0.05, 0.1) is 0 Å². The van der Waals surface area contributed by atoms with Gasteiger partial charge in [-0.15, -0.1) is 24.8 Å². The molecule has 1 saturated carbocycles. The first-order chi connectivity index (χ1) is 10.1. The van der Waals surface area contributed by atoms with Crippen LogP contribution in [0.15, 0.2) is 24.3 Å². The molecule has 3 rings (SSSR count). The summed E-state index contributed by atoms with van der Waals surface area (Å²) in [5.74, 6) is 0.207. The predicted octanol–water partition coefficient (Wildman–Crippen LogP) is 3.19. The first-order valence-corrected chi connectivity index (χ1v) is 8.02. The molecule has 0 bridgehead atoms. The Morgan fingerprint density at radius 1 is 1.26 bits per heavy atom. The first kappa shape index (κ1) is 20.2. The number of fused-ring (bicyclic) bond motifs is 1. The van der Waals surface area contributed by atoms with Crippen molar-refractivity contribution in [3.63, 3.8) is 0 Å². The van der Waals surface area contributed by atoms with Crippen LogP contribution < -0.4 is 16.0 Å². The van der Waals surface area contributed by atoms with Gasteiger partial charge >= 0.3 is 0 Å². The van der Waals surface area contributed by atoms with Gasteiger partial charge in [0.2, 0.25) is 5.91 Å². The quantitative estimate of drug-likeness (QED) is 0.870. The number of hydrogen-bond donors (Lipinski definition) is 2. The Morgan fingerprint density at radius 2 is 1.91 bits per heavy atom. The lowest BCUT2D eigenvalue weighted by Crippen LogP contribution is -2.52. The molecule has 1 amide bonds. The van der Waals surface area contributed by atoms with Crippen LogP contribution in [0.25, 0.3) is 0 Å². The van der Waals surface area contributed by atoms with Crippen LogP contribution in [0.1, 0.15) is 51.1 Å². The van der Waals surface area contributed by atoms with E-state index >= 15 is 0 Å². The number of nitrogens with one attached hydrogen (secondary N) is 1. The van der Waals surface area contributed by atoms with E-state index in [1.807, 2.05) is 17.9 Å². The monoisotopic (exact) mass is 359 g/mol. The molecular formula is C17H27Cl2N3O. The fourth-order valence-electron chi connectivity index (χ4n) is 3.60. The molecule has 23 heavy (non-hydrogen) atoms. The van der Waals surface area contributed by atoms with Crippen molar-refractivity contribution in [3.8, 4) is 0 Å². The lowest BCUT2D eigenvalue weighted by atomic mass is 9.84. The summed E-state index contributed by atoms with van der Waals surface area (Å²) >= 11 is 0. The van der Waals surface area contributed by atoms with Crippen molar-refractivity contribution in [1.29, 1.82) is 0 Å². The lowest BCUT2D eigenvalue weighted by Gasteiger charge is -2.43. The molecule has 1 fully saturated rings. The average Bonchev–Trinajstić information content (AvgIpc) is 2.45. The standard InChI is InChI=1S/C17H25N3O.2ClH/c1-3-17(21)20-11(2)8-15(19-13-9-12(18)10-13)14-6-4-5-7-16(14)20;;/h4-7,11-13,15,19H,3,8-10,18H2,1-2H3;2*1H/t11-,12?,13?,15+;;/m0../s1. The van der Waals surface area contributed by atoms with Gasteiger partial charge in [-0.05, 0) is 37.8 Å². The third-order valence-corrected chi connectivity index (χ3v) is 4.77. The Labute approximate surface area is 151 Å². The molecule has 1 aromatic rings. The number of hydrogen-bond acceptors (Lipinski definition) is 3. The normalized spacial score (nSPS) is 28.7. The van der Waals surface area contributed by atoms with Crippen molar-refractivity contribution in [2.24, 2.45) is 5.73 Å². The summed E-state index contributed by atoms with van der Waals surface area (Å²) in [7, 11) is 0. The summed E-state index contributed by atoms with van der Waals surface area (Å²) in [6.45, 7) is 4.07. The van der Waals surface area contributed by atoms with Crippen molar-refractivity contribution in [2.75, 3.05) is 4.90 Å². The van der Waals surface area contributed by atoms with Gasteiger partial charge in [0.15, 0.2) is 0 Å². The first-order valence-electron chi connectivity index (χ1n) is 8.02. The van der Waals surface area contributed by atoms with Crippen LogP contribution in [0.2, 0.25) is 0 Å². The number of amides is 1. The lowest BCUT2D eigenvalue weighted by molar-refractivity contribution is -0.118. The second-order valence-electron chi connectivity index (χ2n) is 6.41. The highest BCUT2D eigenvalue weighted by Gasteiger charge is 2.35. The minimum atomic E-state index is 0. The molecule has 0 aromatic heterocycles. The number of anilines is 1. The maximum absolute atomic E-state index is 12.3. The van der Waals surface area contributed by atoms with Gasteiger partial charge in [-0.1, -0.05) is 25.1 Å². The molecule has 0 spiro atoms. The van der Waals surface area contributed by atoms with E-state index in [4.69, 9.17) is 5.73 Å². The second-order valence-corrected chi connectivity index (χ2v) is 6.41. The summed E-state index contributed by atoms with van der Waals surface area (Å²) < 4.78 is 0. The molecule has 2 aliphatic rings. The van der Waals surface area contributed by atoms with Crippen molar-refractivity contribution < 1.29 is 4.79 Å². The number of carbonyl (C=O) groups is 1. The van der Waals surface area contributed by atoms with E-state index < -0.39 is 0 Å². The number of para-hydroxylation sites is 1. The topological polar surface area (TPSA) is 58.4 Å². The van der Waals surface area contributed by atoms with E-state index in [-0.39, 0.29) is 36.8 Å². The molecule has 3 N–H and O–H groups in total. The number of nitrogens with zero attached hydrogens (tertiary/aromatic N) is 1. The number of carbonyl (C=O) groups excluding carboxylic acids is 1. The third kappa shape index (κ3) is 4.00. The van der Waals surface area contributed by atoms with E-state index in [1.165, 1.54) is 5.56 Å². The summed E-state index contributed by atoms with van der Waals surface area (Å²) in [5.41, 5.74) is 8.20. The van der Waals surface area contributed by atoms with E-state index in [9.17, 15) is 4.79 Å². The van der Waals surface area contributed by atoms with Gasteiger partial charge in [-0.25, -0.2) is 0 Å². The summed E-state index contributed by atoms with van der Waals surface area (Å²) in [5, 5.41) is 3.73. The molecule has 1 aliphatic heterocycles. The highest BCUT2D eigenvalue weighted by molar-refractivity contribution is 5.95. The smallest absolute Gasteiger partial charge is 0.226 e. The SMILES string of the molecule is CCC(=O)N1c2ccccc2[C@H](NC2CC(N)C2)C[C@@H]1C.Cl.Cl. The zero-order valence-electron chi connectivity index (χ0n) is 13.7. The zero-order chi connectivity index (χ0) is 15.0. The zero-order valence-corrected chi connectivity index (χ0v) is 15.3. The van der Waals surface area contributed by atoms with Crippen LogP contribution in [0.5, 0.6) is 0 Å². The fourth-order valence-corrected chi connectivity index (χ4v) is 3.60. The van der Waals surface area contributed by atoms with Crippen LogP contribution in [-0.4, -0.2) is 24.0 Å². The molecule has 2 atom stereocenters. The van der Waals surface area contributed by atoms with Crippen LogP contribution >= 0.6 is 24.8 Å². The van der Waals surface area contributed by atoms with E-state index in [1.54, 1.807) is 0 Å². The molecule has 4 nitrogen and oxygen atoms in total. The Balaban J connectivity index is 0.00000132. The van der Waals surface area contributed by atoms with Crippen LogP contribution in [0, 0.1) is 0 Å². The fraction of sp³-hybridized carbons (Fsp3) is 0.588. The van der Waals surface area contributed by atoms with Gasteiger partial charge in [0.25, 0.3) is 0 Å². The number of benzene rings is 1. The van der Waals surface area contributed by atoms with Crippen LogP contribution in [0.3, 0.4) is 0 Å². The highest BCUT2D eigenvalue weighted by atomic mass is 35.5. The van der Waals surface area contributed by atoms with Gasteiger partial charge < -0.3 is 16.0 Å². The Bertz CT molecular complexity index is 534. The minimum absolute atomic E-state index is 0. The number of rotatable bonds is 3. The molecule has 0 radical (unpaired) electrons. The molecule has 130 valence electrons. The third-order valence-electron chi connectivity index (χ3n) is 4.77. The summed E-state index contributed by atoms with van der Waals surface area (Å²) in [4.78, 5) is 14.2. The maximum Gasteiger partial charge on any atom is 0.226 e. The molecular weight excluding hydrogens is 333 g/mol. The van der Waals surface area contributed by atoms with E-state index in [0.717, 1.165) is 24.9 Å². The summed E-state index contributed by atoms with van der Waals surface area (Å²) in [6.07, 6.45) is 3.64. The largest absolute Gasteiger partial charge is 0.328 e. The maximum atomic E-state index is 12.3. The molecule has 1 heterocycles. The Morgan fingerprint density at radius 3 is 2.52 bits per heavy atom. The molecule has 1 aliphatic carbocycles. The predicted molar refractivity (Wildman–Crippen MR) is 99.7 cm³/mol. The molecule has 6 heteroatoms. The molecule has 0 unspecified atom stereocenters. The van der Waals surface area contributed by atoms with Crippen LogP contribution in [-0.2, 0) is 4.79 Å². The minimum Gasteiger partial charge on any atom is -0.328 e. The van der Waals surface area contributed by atoms with Crippen molar-refractivity contribution in [1.82, 2.24) is 5.32 Å². The van der Waals surface area contributed by atoms with Gasteiger partial charge in [-0.3, -0.25) is 4.79 Å². The van der Waals surface area contributed by atoms with Gasteiger partial charge in [0, 0.05) is 36.3 Å². The number of nitrogens with two attached hydrogens (primary N) is 1. The van der Waals surface area contributed by atoms with Crippen LogP contribution in [0.4, 0.5) is 5.69 Å². The van der Waals surface area contributed by atoms with Gasteiger partial charge in [0.1, 0.15) is 0 Å². The van der Waals surface area contributed by atoms with Gasteiger partial charge in [-0.2, -0.15) is 0 Å². The number of halogens is 2.